The van der Waals surface area contributed by atoms with Crippen LogP contribution in [0.15, 0.2) is 34.1 Å². The van der Waals surface area contributed by atoms with E-state index in [-0.39, 0.29) is 16.2 Å². The zero-order chi connectivity index (χ0) is 20.6. The van der Waals surface area contributed by atoms with Crippen molar-refractivity contribution in [1.29, 1.82) is 0 Å². The molecule has 2 aromatic heterocycles. The average molecular weight is 420 g/mol. The largest absolute Gasteiger partial charge is 0.513 e. The van der Waals surface area contributed by atoms with E-state index < -0.39 is 21.7 Å². The molecule has 1 aliphatic rings. The zero-order valence-electron chi connectivity index (χ0n) is 15.6. The number of H-pyrrole nitrogens is 2. The van der Waals surface area contributed by atoms with Gasteiger partial charge in [0.2, 0.25) is 0 Å². The molecule has 1 saturated heterocycles. The monoisotopic (exact) mass is 420 g/mol. The van der Waals surface area contributed by atoms with Gasteiger partial charge in [-0.15, -0.1) is 4.83 Å². The van der Waals surface area contributed by atoms with Gasteiger partial charge in [-0.05, 0) is 31.0 Å². The first-order valence-electron chi connectivity index (χ1n) is 9.09. The summed E-state index contributed by atoms with van der Waals surface area (Å²) in [7, 11) is -2.65. The van der Waals surface area contributed by atoms with Crippen molar-refractivity contribution in [2.24, 2.45) is 0 Å². The third-order valence-corrected chi connectivity index (χ3v) is 6.23. The van der Waals surface area contributed by atoms with Crippen LogP contribution in [0, 0.1) is 0 Å². The predicted octanol–water partition coefficient (Wildman–Crippen LogP) is 1.83. The highest BCUT2D eigenvalue weighted by Gasteiger charge is 2.22. The topological polar surface area (TPSA) is 134 Å². The van der Waals surface area contributed by atoms with E-state index in [9.17, 15) is 18.0 Å². The van der Waals surface area contributed by atoms with Crippen LogP contribution in [0.4, 0.5) is 4.79 Å². The summed E-state index contributed by atoms with van der Waals surface area (Å²) < 4.78 is 35.3. The zero-order valence-corrected chi connectivity index (χ0v) is 16.5. The van der Waals surface area contributed by atoms with Crippen LogP contribution in [0.1, 0.15) is 19.3 Å². The molecular formula is C18H20N4O6S. The Morgan fingerprint density at radius 3 is 2.69 bits per heavy atom. The molecule has 0 aliphatic carbocycles. The summed E-state index contributed by atoms with van der Waals surface area (Å²) in [6.07, 6.45) is 3.34. The maximum absolute atomic E-state index is 12.9. The van der Waals surface area contributed by atoms with Gasteiger partial charge in [0, 0.05) is 30.2 Å². The summed E-state index contributed by atoms with van der Waals surface area (Å²) >= 11 is 0. The SMILES string of the molecule is COC(=O)Oc1c[nH]c2c(=O)[nH]c3ccc(S(=O)(=O)NN4CCCCC4)cc3c12. The Kier molecular flexibility index (Phi) is 5.03. The molecule has 11 heteroatoms. The maximum atomic E-state index is 12.9. The molecule has 1 aromatic carbocycles. The number of nitrogens with one attached hydrogen (secondary N) is 3. The summed E-state index contributed by atoms with van der Waals surface area (Å²) in [4.78, 5) is 31.9. The molecule has 0 bridgehead atoms. The summed E-state index contributed by atoms with van der Waals surface area (Å²) in [5.74, 6) is 0.0708. The molecule has 1 fully saturated rings. The number of benzene rings is 1. The Balaban J connectivity index is 1.82. The van der Waals surface area contributed by atoms with Gasteiger partial charge >= 0.3 is 6.16 Å². The van der Waals surface area contributed by atoms with Crippen molar-refractivity contribution in [2.45, 2.75) is 24.2 Å². The lowest BCUT2D eigenvalue weighted by molar-refractivity contribution is 0.122. The molecule has 0 amide bonds. The fraction of sp³-hybridized carbons (Fsp3) is 0.333. The van der Waals surface area contributed by atoms with E-state index in [0.29, 0.717) is 29.4 Å². The number of hydrazine groups is 1. The standard InChI is InChI=1S/C18H20N4O6S/c1-27-18(24)28-14-10-19-16-15(14)12-9-11(5-6-13(12)20-17(16)23)29(25,26)21-22-7-3-2-4-8-22/h5-6,9-10,19,21H,2-4,7-8H2,1H3,(H,20,23). The average Bonchev–Trinajstić information content (AvgIpc) is 3.12. The van der Waals surface area contributed by atoms with Gasteiger partial charge in [-0.25, -0.2) is 18.2 Å². The van der Waals surface area contributed by atoms with Crippen LogP contribution in [0.5, 0.6) is 5.75 Å². The van der Waals surface area contributed by atoms with E-state index in [1.165, 1.54) is 31.5 Å². The Morgan fingerprint density at radius 1 is 1.21 bits per heavy atom. The number of hydrogen-bond donors (Lipinski definition) is 3. The van der Waals surface area contributed by atoms with Crippen LogP contribution in [0.2, 0.25) is 0 Å². The van der Waals surface area contributed by atoms with E-state index in [4.69, 9.17) is 4.74 Å². The lowest BCUT2D eigenvalue weighted by atomic mass is 10.1. The molecule has 3 aromatic rings. The lowest BCUT2D eigenvalue weighted by Gasteiger charge is -2.26. The first-order chi connectivity index (χ1) is 13.9. The number of fused-ring (bicyclic) bond motifs is 3. The van der Waals surface area contributed by atoms with Gasteiger partial charge in [-0.3, -0.25) is 4.79 Å². The molecule has 4 rings (SSSR count). The number of hydrogen-bond acceptors (Lipinski definition) is 7. The summed E-state index contributed by atoms with van der Waals surface area (Å²) in [5, 5.41) is 2.40. The Labute approximate surface area is 165 Å². The first kappa shape index (κ1) is 19.4. The summed E-state index contributed by atoms with van der Waals surface area (Å²) in [6.45, 7) is 1.30. The number of rotatable bonds is 4. The molecule has 29 heavy (non-hydrogen) atoms. The van der Waals surface area contributed by atoms with Crippen molar-refractivity contribution in [1.82, 2.24) is 19.8 Å². The number of nitrogens with zero attached hydrogens (tertiary/aromatic N) is 1. The van der Waals surface area contributed by atoms with Crippen LogP contribution < -0.4 is 15.1 Å². The van der Waals surface area contributed by atoms with Crippen molar-refractivity contribution in [3.05, 3.63) is 34.7 Å². The number of carbonyl (C=O) groups excluding carboxylic acids is 1. The molecule has 3 heterocycles. The second-order valence-corrected chi connectivity index (χ2v) is 8.42. The van der Waals surface area contributed by atoms with Crippen molar-refractivity contribution in [2.75, 3.05) is 20.2 Å². The number of piperidine rings is 1. The number of ether oxygens (including phenoxy) is 2. The van der Waals surface area contributed by atoms with Gasteiger partial charge in [0.25, 0.3) is 15.6 Å². The Hall–Kier alpha value is -2.89. The maximum Gasteiger partial charge on any atom is 0.513 e. The molecule has 0 unspecified atom stereocenters. The van der Waals surface area contributed by atoms with E-state index in [0.717, 1.165) is 19.3 Å². The third-order valence-electron chi connectivity index (χ3n) is 4.86. The minimum absolute atomic E-state index is 0.0362. The number of carbonyl (C=O) groups is 1. The van der Waals surface area contributed by atoms with Crippen LogP contribution in [0.3, 0.4) is 0 Å². The lowest BCUT2D eigenvalue weighted by Crippen LogP contribution is -2.44. The van der Waals surface area contributed by atoms with E-state index in [1.807, 2.05) is 0 Å². The highest BCUT2D eigenvalue weighted by molar-refractivity contribution is 7.89. The molecule has 3 N–H and O–H groups in total. The highest BCUT2D eigenvalue weighted by atomic mass is 32.2. The molecule has 0 saturated carbocycles. The van der Waals surface area contributed by atoms with Crippen LogP contribution in [0.25, 0.3) is 21.8 Å². The molecule has 0 atom stereocenters. The molecule has 10 nitrogen and oxygen atoms in total. The van der Waals surface area contributed by atoms with Gasteiger partial charge in [-0.2, -0.15) is 0 Å². The van der Waals surface area contributed by atoms with Gasteiger partial charge in [0.1, 0.15) is 5.52 Å². The third kappa shape index (κ3) is 3.71. The van der Waals surface area contributed by atoms with Crippen molar-refractivity contribution < 1.29 is 22.7 Å². The van der Waals surface area contributed by atoms with Gasteiger partial charge in [0.15, 0.2) is 5.75 Å². The highest BCUT2D eigenvalue weighted by Crippen LogP contribution is 2.31. The Morgan fingerprint density at radius 2 is 1.97 bits per heavy atom. The van der Waals surface area contributed by atoms with Crippen LogP contribution in [-0.2, 0) is 14.8 Å². The quantitative estimate of drug-likeness (QED) is 0.548. The van der Waals surface area contributed by atoms with Gasteiger partial charge in [0.05, 0.1) is 17.4 Å². The van der Waals surface area contributed by atoms with Crippen molar-refractivity contribution >= 4 is 38.0 Å². The van der Waals surface area contributed by atoms with Crippen LogP contribution in [-0.4, -0.2) is 49.7 Å². The van der Waals surface area contributed by atoms with Gasteiger partial charge in [-0.1, -0.05) is 6.42 Å². The summed E-state index contributed by atoms with van der Waals surface area (Å²) in [5.41, 5.74) is 0.151. The number of sulfonamides is 1. The van der Waals surface area contributed by atoms with Crippen molar-refractivity contribution in [3.63, 3.8) is 0 Å². The van der Waals surface area contributed by atoms with E-state index >= 15 is 0 Å². The number of aromatic amines is 2. The minimum Gasteiger partial charge on any atom is -0.437 e. The van der Waals surface area contributed by atoms with E-state index in [1.54, 1.807) is 5.01 Å². The molecule has 1 aliphatic heterocycles. The van der Waals surface area contributed by atoms with E-state index in [2.05, 4.69) is 19.5 Å². The van der Waals surface area contributed by atoms with Gasteiger partial charge < -0.3 is 19.4 Å². The molecule has 0 spiro atoms. The molecular weight excluding hydrogens is 400 g/mol. The number of methoxy groups -OCH3 is 1. The number of pyridine rings is 1. The van der Waals surface area contributed by atoms with Crippen LogP contribution >= 0.6 is 0 Å². The second kappa shape index (κ2) is 7.50. The fourth-order valence-electron chi connectivity index (χ4n) is 3.46. The van der Waals surface area contributed by atoms with Crippen molar-refractivity contribution in [3.8, 4) is 5.75 Å². The normalized spacial score (nSPS) is 15.6. The minimum atomic E-state index is -3.81. The second-order valence-electron chi connectivity index (χ2n) is 6.76. The fourth-order valence-corrected chi connectivity index (χ4v) is 4.61. The first-order valence-corrected chi connectivity index (χ1v) is 10.6. The number of aromatic nitrogens is 2. The predicted molar refractivity (Wildman–Crippen MR) is 105 cm³/mol. The molecule has 154 valence electrons. The Bertz CT molecular complexity index is 1240. The smallest absolute Gasteiger partial charge is 0.437 e. The summed E-state index contributed by atoms with van der Waals surface area (Å²) in [6, 6.07) is 4.37. The molecule has 0 radical (unpaired) electrons.